The minimum atomic E-state index is -2.63. The molecule has 0 radical (unpaired) electrons. The maximum absolute atomic E-state index is 12.4. The molecule has 31 heavy (non-hydrogen) atoms. The van der Waals surface area contributed by atoms with Gasteiger partial charge in [0, 0.05) is 0 Å². The van der Waals surface area contributed by atoms with E-state index in [1.807, 2.05) is 0 Å². The Morgan fingerprint density at radius 1 is 0.677 bits per heavy atom. The first-order valence-corrected chi connectivity index (χ1v) is 13.6. The van der Waals surface area contributed by atoms with Crippen LogP contribution in [0.5, 0.6) is 0 Å². The first-order valence-electron chi connectivity index (χ1n) is 10.2. The molecule has 5 heteroatoms. The zero-order valence-electron chi connectivity index (χ0n) is 18.6. The van der Waals surface area contributed by atoms with Crippen LogP contribution in [-0.2, 0) is 0 Å². The van der Waals surface area contributed by atoms with Crippen LogP contribution in [-0.4, -0.2) is 53.9 Å². The molecule has 0 saturated heterocycles. The predicted octanol–water partition coefficient (Wildman–Crippen LogP) is 3.01. The molecule has 0 bridgehead atoms. The van der Waals surface area contributed by atoms with Crippen LogP contribution in [0.15, 0.2) is 76.0 Å². The number of hydrogen-bond donors (Lipinski definition) is 0. The van der Waals surface area contributed by atoms with E-state index in [0.717, 1.165) is 11.4 Å². The molecular weight excluding hydrogens is 498 g/mol. The third kappa shape index (κ3) is 4.08. The number of benzene rings is 4. The number of rotatable bonds is 5. The topological polar surface area (TPSA) is 41.9 Å². The number of fused-ring (bicyclic) bond motifs is 2. The van der Waals surface area contributed by atoms with Gasteiger partial charge in [0.25, 0.3) is 0 Å². The summed E-state index contributed by atoms with van der Waals surface area (Å²) in [5.74, 6) is -0.102. The van der Waals surface area contributed by atoms with Gasteiger partial charge in [-0.3, -0.25) is 0 Å². The molecule has 0 atom stereocenters. The molecule has 4 nitrogen and oxygen atoms in total. The van der Waals surface area contributed by atoms with Crippen LogP contribution in [0.3, 0.4) is 0 Å². The van der Waals surface area contributed by atoms with Crippen molar-refractivity contribution in [2.24, 2.45) is 3.24 Å². The quantitative estimate of drug-likeness (QED) is 0.229. The van der Waals surface area contributed by atoms with E-state index in [4.69, 9.17) is 3.24 Å². The fourth-order valence-electron chi connectivity index (χ4n) is 3.99. The summed E-state index contributed by atoms with van der Waals surface area (Å²) in [6, 6.07) is 25.6. The number of anilines is 2. The zero-order valence-corrected chi connectivity index (χ0v) is 20.9. The Hall–Kier alpha value is -2.74. The monoisotopic (exact) mass is 527 g/mol. The van der Waals surface area contributed by atoms with Crippen LogP contribution in [0.4, 0.5) is 11.4 Å². The molecule has 0 aliphatic rings. The second-order valence-corrected chi connectivity index (χ2v) is 12.6. The van der Waals surface area contributed by atoms with Gasteiger partial charge in [-0.1, -0.05) is 0 Å². The zero-order chi connectivity index (χ0) is 22.1. The van der Waals surface area contributed by atoms with E-state index in [-0.39, 0.29) is 5.90 Å². The van der Waals surface area contributed by atoms with Crippen molar-refractivity contribution in [3.63, 3.8) is 0 Å². The number of nitrogens with zero attached hydrogens (tertiary/aromatic N) is 3. The van der Waals surface area contributed by atoms with Crippen molar-refractivity contribution in [3.05, 3.63) is 72.8 Å². The van der Waals surface area contributed by atoms with Crippen molar-refractivity contribution in [1.82, 2.24) is 0 Å². The van der Waals surface area contributed by atoms with Gasteiger partial charge in [0.2, 0.25) is 0 Å². The molecule has 0 saturated carbocycles. The molecule has 0 aliphatic heterocycles. The van der Waals surface area contributed by atoms with Gasteiger partial charge < -0.3 is 0 Å². The van der Waals surface area contributed by atoms with Gasteiger partial charge in [0.1, 0.15) is 0 Å². The van der Waals surface area contributed by atoms with E-state index in [1.54, 1.807) is 6.92 Å². The molecule has 0 aliphatic carbocycles. The van der Waals surface area contributed by atoms with Gasteiger partial charge in [-0.15, -0.1) is 0 Å². The summed E-state index contributed by atoms with van der Waals surface area (Å²) in [6.07, 6.45) is 0. The third-order valence-corrected chi connectivity index (χ3v) is 10.9. The van der Waals surface area contributed by atoms with E-state index < -0.39 is 19.8 Å². The second kappa shape index (κ2) is 8.78. The molecule has 4 aromatic carbocycles. The molecule has 0 aromatic heterocycles. The van der Waals surface area contributed by atoms with Crippen molar-refractivity contribution in [2.75, 3.05) is 38.0 Å². The molecule has 0 unspecified atom stereocenters. The summed E-state index contributed by atoms with van der Waals surface area (Å²) < 4.78 is 7.23. The van der Waals surface area contributed by atoms with Crippen molar-refractivity contribution < 1.29 is 5.11 Å². The summed E-state index contributed by atoms with van der Waals surface area (Å²) in [4.78, 5) is 4.29. The number of hydrogen-bond acceptors (Lipinski definition) is 4. The molecule has 0 fully saturated rings. The van der Waals surface area contributed by atoms with Crippen molar-refractivity contribution in [2.45, 2.75) is 6.92 Å². The van der Waals surface area contributed by atoms with E-state index in [1.165, 1.54) is 28.8 Å². The summed E-state index contributed by atoms with van der Waals surface area (Å²) in [5.41, 5.74) is 2.32. The third-order valence-electron chi connectivity index (χ3n) is 5.29. The van der Waals surface area contributed by atoms with Crippen LogP contribution in [0, 0.1) is 0 Å². The van der Waals surface area contributed by atoms with E-state index in [0.29, 0.717) is 0 Å². The minimum absolute atomic E-state index is 0.102. The van der Waals surface area contributed by atoms with E-state index in [9.17, 15) is 5.11 Å². The molecule has 0 heterocycles. The van der Waals surface area contributed by atoms with Crippen LogP contribution in [0.25, 0.3) is 21.5 Å². The Bertz CT molecular complexity index is 1170. The van der Waals surface area contributed by atoms with Crippen LogP contribution >= 0.6 is 0 Å². The van der Waals surface area contributed by atoms with Crippen molar-refractivity contribution in [3.8, 4) is 0 Å². The Morgan fingerprint density at radius 2 is 1.06 bits per heavy atom. The summed E-state index contributed by atoms with van der Waals surface area (Å²) in [6.45, 7) is 1.57. The van der Waals surface area contributed by atoms with Crippen molar-refractivity contribution in [1.29, 1.82) is 0 Å². The Kier molecular flexibility index (Phi) is 6.09. The van der Waals surface area contributed by atoms with Gasteiger partial charge in [0.15, 0.2) is 0 Å². The molecule has 4 rings (SSSR count). The van der Waals surface area contributed by atoms with E-state index in [2.05, 4.69) is 111 Å². The predicted molar refractivity (Wildman–Crippen MR) is 135 cm³/mol. The van der Waals surface area contributed by atoms with Gasteiger partial charge in [-0.05, 0) is 0 Å². The average molecular weight is 525 g/mol. The van der Waals surface area contributed by atoms with Crippen molar-refractivity contribution >= 4 is 65.9 Å². The van der Waals surface area contributed by atoms with Gasteiger partial charge in [-0.25, -0.2) is 0 Å². The summed E-state index contributed by atoms with van der Waals surface area (Å²) in [7, 11) is 8.26. The van der Waals surface area contributed by atoms with Crippen LogP contribution < -0.4 is 22.1 Å². The van der Waals surface area contributed by atoms with E-state index >= 15 is 0 Å². The first-order chi connectivity index (χ1) is 14.9. The Balaban J connectivity index is 2.11. The standard InChI is InChI=1S/C26H27N3OTe/c1-18(30)27-31(23-16-8-12-19-10-6-14-21(25(19)23)28(2)3)24-17-9-13-20-11-7-15-22(26(20)24)29(4)5/h6-17H,1-5H3. The Morgan fingerprint density at radius 3 is 1.42 bits per heavy atom. The van der Waals surface area contributed by atoms with Gasteiger partial charge >= 0.3 is 192 Å². The Labute approximate surface area is 191 Å². The van der Waals surface area contributed by atoms with Gasteiger partial charge in [-0.2, -0.15) is 0 Å². The molecule has 0 amide bonds. The average Bonchev–Trinajstić information content (AvgIpc) is 2.75. The SMILES string of the molecule is C/C([O-])=N/[Te+](c1cccc2cccc(N(C)C)c12)c1cccc2cccc(N(C)C)c12. The maximum atomic E-state index is 12.4. The van der Waals surface area contributed by atoms with Gasteiger partial charge in [0.05, 0.1) is 0 Å². The fraction of sp³-hybridized carbons (Fsp3) is 0.192. The fourth-order valence-corrected chi connectivity index (χ4v) is 9.52. The van der Waals surface area contributed by atoms with Crippen LogP contribution in [0.1, 0.15) is 6.92 Å². The molecular formula is C26H27N3OTe. The summed E-state index contributed by atoms with van der Waals surface area (Å²) in [5, 5.41) is 17.1. The normalized spacial score (nSPS) is 12.0. The molecule has 158 valence electrons. The second-order valence-electron chi connectivity index (χ2n) is 7.95. The molecule has 0 spiro atoms. The molecule has 4 aromatic rings. The summed E-state index contributed by atoms with van der Waals surface area (Å²) >= 11 is -2.63. The molecule has 0 N–H and O–H groups in total. The van der Waals surface area contributed by atoms with Crippen LogP contribution in [0.2, 0.25) is 0 Å². The first kappa shape index (κ1) is 21.5.